The fraction of sp³-hybridized carbons (Fsp3) is 0.455. The van der Waals surface area contributed by atoms with Gasteiger partial charge in [-0.1, -0.05) is 40.5 Å². The van der Waals surface area contributed by atoms with E-state index in [1.165, 1.54) is 6.07 Å². The van der Waals surface area contributed by atoms with E-state index in [0.29, 0.717) is 5.92 Å². The van der Waals surface area contributed by atoms with Crippen LogP contribution in [0.1, 0.15) is 18.9 Å². The summed E-state index contributed by atoms with van der Waals surface area (Å²) in [4.78, 5) is 0. The van der Waals surface area contributed by atoms with E-state index in [1.54, 1.807) is 12.1 Å². The van der Waals surface area contributed by atoms with Crippen LogP contribution in [-0.4, -0.2) is 5.33 Å². The number of aryl methyl sites for hydroxylation is 1. The summed E-state index contributed by atoms with van der Waals surface area (Å²) >= 11 is 9.11. The van der Waals surface area contributed by atoms with Crippen LogP contribution in [0, 0.1) is 11.7 Å². The molecule has 0 aromatic heterocycles. The van der Waals surface area contributed by atoms with Gasteiger partial charge in [0.25, 0.3) is 0 Å². The first kappa shape index (κ1) is 12.0. The van der Waals surface area contributed by atoms with Crippen molar-refractivity contribution >= 4 is 27.5 Å². The maximum atomic E-state index is 12.8. The molecule has 0 aliphatic rings. The summed E-state index contributed by atoms with van der Waals surface area (Å²) in [5.74, 6) is 0.294. The second-order valence-electron chi connectivity index (χ2n) is 3.55. The zero-order valence-corrected chi connectivity index (χ0v) is 10.4. The first-order valence-electron chi connectivity index (χ1n) is 4.63. The molecule has 0 spiro atoms. The highest BCUT2D eigenvalue weighted by Gasteiger charge is 2.03. The Hall–Kier alpha value is -0.0800. The molecular weight excluding hydrogens is 266 g/mol. The Labute approximate surface area is 97.6 Å². The quantitative estimate of drug-likeness (QED) is 0.715. The van der Waals surface area contributed by atoms with Gasteiger partial charge in [0.2, 0.25) is 0 Å². The van der Waals surface area contributed by atoms with E-state index in [-0.39, 0.29) is 10.8 Å². The molecule has 0 radical (unpaired) electrons. The van der Waals surface area contributed by atoms with Crippen molar-refractivity contribution in [3.05, 3.63) is 34.6 Å². The third-order valence-electron chi connectivity index (χ3n) is 2.17. The second kappa shape index (κ2) is 5.72. The summed E-state index contributed by atoms with van der Waals surface area (Å²) in [6.45, 7) is 2.18. The van der Waals surface area contributed by atoms with Crippen LogP contribution in [0.15, 0.2) is 18.2 Å². The first-order chi connectivity index (χ1) is 6.63. The Balaban J connectivity index is 2.55. The van der Waals surface area contributed by atoms with Crippen LogP contribution in [0.5, 0.6) is 0 Å². The number of alkyl halides is 1. The van der Waals surface area contributed by atoms with Gasteiger partial charge in [0, 0.05) is 5.33 Å². The molecule has 0 saturated heterocycles. The Morgan fingerprint density at radius 2 is 2.21 bits per heavy atom. The van der Waals surface area contributed by atoms with E-state index < -0.39 is 0 Å². The molecule has 0 N–H and O–H groups in total. The zero-order chi connectivity index (χ0) is 10.6. The summed E-state index contributed by atoms with van der Waals surface area (Å²) < 4.78 is 12.8. The topological polar surface area (TPSA) is 0 Å². The number of rotatable bonds is 4. The monoisotopic (exact) mass is 278 g/mol. The van der Waals surface area contributed by atoms with Crippen LogP contribution in [0.4, 0.5) is 4.39 Å². The van der Waals surface area contributed by atoms with Crippen molar-refractivity contribution in [2.45, 2.75) is 19.8 Å². The molecule has 14 heavy (non-hydrogen) atoms. The maximum absolute atomic E-state index is 12.8. The Morgan fingerprint density at radius 3 is 2.79 bits per heavy atom. The largest absolute Gasteiger partial charge is 0.205 e. The van der Waals surface area contributed by atoms with Gasteiger partial charge in [-0.25, -0.2) is 4.39 Å². The third-order valence-corrected chi connectivity index (χ3v) is 3.57. The predicted molar refractivity (Wildman–Crippen MR) is 62.7 cm³/mol. The molecule has 1 aromatic carbocycles. The molecule has 3 heteroatoms. The lowest BCUT2D eigenvalue weighted by molar-refractivity contribution is 0.597. The predicted octanol–water partition coefficient (Wildman–Crippen LogP) is 4.44. The molecule has 1 atom stereocenters. The number of hydrogen-bond acceptors (Lipinski definition) is 0. The lowest BCUT2D eigenvalue weighted by atomic mass is 10.0. The first-order valence-corrected chi connectivity index (χ1v) is 6.13. The highest BCUT2D eigenvalue weighted by atomic mass is 79.9. The van der Waals surface area contributed by atoms with Gasteiger partial charge in [0.05, 0.1) is 5.02 Å². The molecule has 0 bridgehead atoms. The number of benzene rings is 1. The Bertz CT molecular complexity index is 301. The average molecular weight is 280 g/mol. The molecule has 0 fully saturated rings. The van der Waals surface area contributed by atoms with Crippen LogP contribution in [-0.2, 0) is 6.42 Å². The number of halogens is 3. The lowest BCUT2D eigenvalue weighted by Crippen LogP contribution is -1.98. The van der Waals surface area contributed by atoms with E-state index in [9.17, 15) is 4.39 Å². The van der Waals surface area contributed by atoms with Crippen LogP contribution in [0.25, 0.3) is 0 Å². The van der Waals surface area contributed by atoms with Gasteiger partial charge in [0.1, 0.15) is 5.82 Å². The van der Waals surface area contributed by atoms with E-state index in [2.05, 4.69) is 22.9 Å². The van der Waals surface area contributed by atoms with Crippen molar-refractivity contribution in [3.8, 4) is 0 Å². The van der Waals surface area contributed by atoms with E-state index in [4.69, 9.17) is 11.6 Å². The van der Waals surface area contributed by atoms with Gasteiger partial charge in [-0.15, -0.1) is 0 Å². The molecular formula is C11H13BrClF. The summed E-state index contributed by atoms with van der Waals surface area (Å²) in [5.41, 5.74) is 1.10. The summed E-state index contributed by atoms with van der Waals surface area (Å²) in [7, 11) is 0. The minimum absolute atomic E-state index is 0.217. The van der Waals surface area contributed by atoms with Crippen molar-refractivity contribution < 1.29 is 4.39 Å². The molecule has 0 aliphatic heterocycles. The normalized spacial score (nSPS) is 12.9. The molecule has 0 saturated carbocycles. The van der Waals surface area contributed by atoms with Crippen LogP contribution >= 0.6 is 27.5 Å². The maximum Gasteiger partial charge on any atom is 0.141 e. The highest BCUT2D eigenvalue weighted by molar-refractivity contribution is 9.09. The van der Waals surface area contributed by atoms with E-state index in [0.717, 1.165) is 23.7 Å². The average Bonchev–Trinajstić information content (AvgIpc) is 2.19. The Kier molecular flexibility index (Phi) is 4.90. The summed E-state index contributed by atoms with van der Waals surface area (Å²) in [5, 5.41) is 1.22. The van der Waals surface area contributed by atoms with Crippen molar-refractivity contribution in [2.75, 3.05) is 5.33 Å². The van der Waals surface area contributed by atoms with Gasteiger partial charge in [0.15, 0.2) is 0 Å². The molecule has 0 nitrogen and oxygen atoms in total. The molecule has 1 rings (SSSR count). The van der Waals surface area contributed by atoms with Crippen LogP contribution in [0.2, 0.25) is 5.02 Å². The molecule has 1 unspecified atom stereocenters. The minimum atomic E-state index is -0.344. The highest BCUT2D eigenvalue weighted by Crippen LogP contribution is 2.18. The van der Waals surface area contributed by atoms with Crippen molar-refractivity contribution in [2.24, 2.45) is 5.92 Å². The molecule has 78 valence electrons. The van der Waals surface area contributed by atoms with Gasteiger partial charge in [-0.2, -0.15) is 0 Å². The minimum Gasteiger partial charge on any atom is -0.205 e. The Morgan fingerprint density at radius 1 is 1.50 bits per heavy atom. The molecule has 0 heterocycles. The van der Waals surface area contributed by atoms with E-state index >= 15 is 0 Å². The van der Waals surface area contributed by atoms with E-state index in [1.807, 2.05) is 0 Å². The second-order valence-corrected chi connectivity index (χ2v) is 4.60. The standard InChI is InChI=1S/C11H13BrClF/c1-8(7-12)2-3-9-4-5-11(14)10(13)6-9/h4-6,8H,2-3,7H2,1H3. The van der Waals surface area contributed by atoms with Crippen molar-refractivity contribution in [3.63, 3.8) is 0 Å². The van der Waals surface area contributed by atoms with Gasteiger partial charge < -0.3 is 0 Å². The molecule has 0 amide bonds. The third kappa shape index (κ3) is 3.58. The van der Waals surface area contributed by atoms with Crippen LogP contribution < -0.4 is 0 Å². The zero-order valence-electron chi connectivity index (χ0n) is 8.06. The molecule has 1 aromatic rings. The lowest BCUT2D eigenvalue weighted by Gasteiger charge is -2.07. The SMILES string of the molecule is CC(CBr)CCc1ccc(F)c(Cl)c1. The molecule has 0 aliphatic carbocycles. The number of hydrogen-bond donors (Lipinski definition) is 0. The van der Waals surface area contributed by atoms with Gasteiger partial charge in [-0.05, 0) is 36.5 Å². The van der Waals surface area contributed by atoms with Crippen molar-refractivity contribution in [1.82, 2.24) is 0 Å². The van der Waals surface area contributed by atoms with Crippen LogP contribution in [0.3, 0.4) is 0 Å². The summed E-state index contributed by atoms with van der Waals surface area (Å²) in [6, 6.07) is 4.93. The fourth-order valence-electron chi connectivity index (χ4n) is 1.19. The smallest absolute Gasteiger partial charge is 0.141 e. The van der Waals surface area contributed by atoms with Crippen molar-refractivity contribution in [1.29, 1.82) is 0 Å². The summed E-state index contributed by atoms with van der Waals surface area (Å²) in [6.07, 6.45) is 2.04. The fourth-order valence-corrected chi connectivity index (χ4v) is 1.71. The van der Waals surface area contributed by atoms with Gasteiger partial charge in [-0.3, -0.25) is 0 Å². The van der Waals surface area contributed by atoms with Gasteiger partial charge >= 0.3 is 0 Å².